The van der Waals surface area contributed by atoms with Gasteiger partial charge in [0.1, 0.15) is 0 Å². The van der Waals surface area contributed by atoms with Crippen molar-refractivity contribution in [1.82, 2.24) is 15.3 Å². The summed E-state index contributed by atoms with van der Waals surface area (Å²) >= 11 is 0. The molecule has 0 aliphatic heterocycles. The molecule has 0 unspecified atom stereocenters. The molecule has 1 heterocycles. The van der Waals surface area contributed by atoms with Gasteiger partial charge in [0.15, 0.2) is 5.82 Å². The Morgan fingerprint density at radius 3 is 2.52 bits per heavy atom. The van der Waals surface area contributed by atoms with E-state index in [9.17, 15) is 0 Å². The maximum Gasteiger partial charge on any atom is 0.159 e. The average molecular weight is 338 g/mol. The van der Waals surface area contributed by atoms with Gasteiger partial charge in [-0.2, -0.15) is 0 Å². The summed E-state index contributed by atoms with van der Waals surface area (Å²) in [5.74, 6) is 0.746. The molecule has 0 atom stereocenters. The molecule has 2 rings (SSSR count). The predicted octanol–water partition coefficient (Wildman–Crippen LogP) is 4.07. The van der Waals surface area contributed by atoms with E-state index in [2.05, 4.69) is 42.6 Å². The van der Waals surface area contributed by atoms with Crippen LogP contribution in [0.5, 0.6) is 0 Å². The van der Waals surface area contributed by atoms with Crippen LogP contribution in [0.4, 0.5) is 0 Å². The SMILES string of the molecule is C=C(CC(C)(C)C)NCCCc1cnc(-c2cccc(CN)c2)nc1. The van der Waals surface area contributed by atoms with E-state index in [1.807, 2.05) is 36.7 Å². The summed E-state index contributed by atoms with van der Waals surface area (Å²) in [5, 5.41) is 3.41. The lowest BCUT2D eigenvalue weighted by molar-refractivity contribution is 0.398. The zero-order valence-corrected chi connectivity index (χ0v) is 15.7. The first-order chi connectivity index (χ1) is 11.9. The van der Waals surface area contributed by atoms with Gasteiger partial charge in [0.2, 0.25) is 0 Å². The third-order valence-electron chi connectivity index (χ3n) is 3.89. The lowest BCUT2D eigenvalue weighted by atomic mass is 9.91. The maximum absolute atomic E-state index is 5.69. The third-order valence-corrected chi connectivity index (χ3v) is 3.89. The molecule has 2 aromatic rings. The van der Waals surface area contributed by atoms with Crippen molar-refractivity contribution in [1.29, 1.82) is 0 Å². The van der Waals surface area contributed by atoms with E-state index < -0.39 is 0 Å². The van der Waals surface area contributed by atoms with Crippen LogP contribution in [0.15, 0.2) is 48.9 Å². The molecule has 0 bridgehead atoms. The number of nitrogens with one attached hydrogen (secondary N) is 1. The highest BCUT2D eigenvalue weighted by molar-refractivity contribution is 5.55. The monoisotopic (exact) mass is 338 g/mol. The Kier molecular flexibility index (Phi) is 6.71. The van der Waals surface area contributed by atoms with E-state index in [0.29, 0.717) is 6.54 Å². The van der Waals surface area contributed by atoms with Gasteiger partial charge in [-0.3, -0.25) is 0 Å². The normalized spacial score (nSPS) is 11.4. The summed E-state index contributed by atoms with van der Waals surface area (Å²) in [4.78, 5) is 8.99. The second-order valence-corrected chi connectivity index (χ2v) is 7.69. The summed E-state index contributed by atoms with van der Waals surface area (Å²) in [6, 6.07) is 8.06. The van der Waals surface area contributed by atoms with Crippen LogP contribution in [0.3, 0.4) is 0 Å². The van der Waals surface area contributed by atoms with Gasteiger partial charge < -0.3 is 11.1 Å². The Labute approximate surface area is 151 Å². The minimum absolute atomic E-state index is 0.273. The summed E-state index contributed by atoms with van der Waals surface area (Å²) in [6.45, 7) is 12.2. The number of hydrogen-bond donors (Lipinski definition) is 2. The van der Waals surface area contributed by atoms with Crippen LogP contribution in [-0.2, 0) is 13.0 Å². The molecule has 4 nitrogen and oxygen atoms in total. The van der Waals surface area contributed by atoms with Crippen molar-refractivity contribution in [2.24, 2.45) is 11.1 Å². The average Bonchev–Trinajstić information content (AvgIpc) is 2.58. The number of allylic oxidation sites excluding steroid dienone is 1. The van der Waals surface area contributed by atoms with Gasteiger partial charge in [-0.1, -0.05) is 45.5 Å². The van der Waals surface area contributed by atoms with Gasteiger partial charge in [0.05, 0.1) is 0 Å². The van der Waals surface area contributed by atoms with E-state index >= 15 is 0 Å². The summed E-state index contributed by atoms with van der Waals surface area (Å²) in [5.41, 5.74) is 10.3. The smallest absolute Gasteiger partial charge is 0.159 e. The van der Waals surface area contributed by atoms with Gasteiger partial charge in [-0.25, -0.2) is 9.97 Å². The minimum atomic E-state index is 0.273. The number of nitrogens with two attached hydrogens (primary N) is 1. The Balaban J connectivity index is 1.81. The lowest BCUT2D eigenvalue weighted by Crippen LogP contribution is -2.19. The van der Waals surface area contributed by atoms with Gasteiger partial charge in [0, 0.05) is 36.7 Å². The van der Waals surface area contributed by atoms with E-state index in [0.717, 1.165) is 54.0 Å². The van der Waals surface area contributed by atoms with Crippen LogP contribution in [0.1, 0.15) is 44.7 Å². The highest BCUT2D eigenvalue weighted by Gasteiger charge is 2.11. The zero-order valence-electron chi connectivity index (χ0n) is 15.7. The molecule has 0 spiro atoms. The summed E-state index contributed by atoms with van der Waals surface area (Å²) < 4.78 is 0. The molecular weight excluding hydrogens is 308 g/mol. The molecule has 0 aliphatic carbocycles. The molecule has 4 heteroatoms. The van der Waals surface area contributed by atoms with Gasteiger partial charge in [-0.05, 0) is 41.9 Å². The molecule has 25 heavy (non-hydrogen) atoms. The first-order valence-corrected chi connectivity index (χ1v) is 8.89. The fourth-order valence-electron chi connectivity index (χ4n) is 2.73. The van der Waals surface area contributed by atoms with Crippen molar-refractivity contribution >= 4 is 0 Å². The van der Waals surface area contributed by atoms with Crippen LogP contribution in [-0.4, -0.2) is 16.5 Å². The largest absolute Gasteiger partial charge is 0.389 e. The van der Waals surface area contributed by atoms with Crippen molar-refractivity contribution in [2.75, 3.05) is 6.54 Å². The molecule has 0 fully saturated rings. The van der Waals surface area contributed by atoms with E-state index in [1.54, 1.807) is 0 Å². The Morgan fingerprint density at radius 2 is 1.88 bits per heavy atom. The minimum Gasteiger partial charge on any atom is -0.389 e. The van der Waals surface area contributed by atoms with E-state index in [-0.39, 0.29) is 5.41 Å². The van der Waals surface area contributed by atoms with Gasteiger partial charge in [0.25, 0.3) is 0 Å². The molecule has 0 radical (unpaired) electrons. The van der Waals surface area contributed by atoms with Crippen molar-refractivity contribution in [3.63, 3.8) is 0 Å². The predicted molar refractivity (Wildman–Crippen MR) is 105 cm³/mol. The fourth-order valence-corrected chi connectivity index (χ4v) is 2.73. The van der Waals surface area contributed by atoms with Crippen LogP contribution in [0, 0.1) is 5.41 Å². The Morgan fingerprint density at radius 1 is 1.16 bits per heavy atom. The molecule has 0 saturated carbocycles. The highest BCUT2D eigenvalue weighted by Crippen LogP contribution is 2.21. The third kappa shape index (κ3) is 6.67. The van der Waals surface area contributed by atoms with Crippen molar-refractivity contribution in [3.8, 4) is 11.4 Å². The summed E-state index contributed by atoms with van der Waals surface area (Å²) in [7, 11) is 0. The van der Waals surface area contributed by atoms with Crippen molar-refractivity contribution in [2.45, 2.75) is 46.6 Å². The number of benzene rings is 1. The number of aryl methyl sites for hydroxylation is 1. The number of aromatic nitrogens is 2. The van der Waals surface area contributed by atoms with Crippen LogP contribution in [0.25, 0.3) is 11.4 Å². The lowest BCUT2D eigenvalue weighted by Gasteiger charge is -2.20. The Hall–Kier alpha value is -2.20. The highest BCUT2D eigenvalue weighted by atomic mass is 14.9. The number of nitrogens with zero attached hydrogens (tertiary/aromatic N) is 2. The quantitative estimate of drug-likeness (QED) is 0.712. The van der Waals surface area contributed by atoms with Crippen LogP contribution < -0.4 is 11.1 Å². The molecule has 0 amide bonds. The molecule has 1 aromatic carbocycles. The van der Waals surface area contributed by atoms with Crippen molar-refractivity contribution < 1.29 is 0 Å². The van der Waals surface area contributed by atoms with Gasteiger partial charge >= 0.3 is 0 Å². The number of hydrogen-bond acceptors (Lipinski definition) is 4. The molecule has 0 saturated heterocycles. The summed E-state index contributed by atoms with van der Waals surface area (Å²) in [6.07, 6.45) is 6.82. The fraction of sp³-hybridized carbons (Fsp3) is 0.429. The standard InChI is InChI=1S/C21H30N4/c1-16(12-21(2,3)4)23-10-6-8-18-14-24-20(25-15-18)19-9-5-7-17(11-19)13-22/h5,7,9,11,14-15,23H,1,6,8,10,12-13,22H2,2-4H3. The molecule has 1 aromatic heterocycles. The van der Waals surface area contributed by atoms with Crippen molar-refractivity contribution in [3.05, 3.63) is 60.1 Å². The van der Waals surface area contributed by atoms with E-state index in [1.165, 1.54) is 0 Å². The molecule has 3 N–H and O–H groups in total. The topological polar surface area (TPSA) is 63.8 Å². The molecular formula is C21H30N4. The second-order valence-electron chi connectivity index (χ2n) is 7.69. The molecule has 0 aliphatic rings. The van der Waals surface area contributed by atoms with Crippen LogP contribution in [0.2, 0.25) is 0 Å². The maximum atomic E-state index is 5.69. The van der Waals surface area contributed by atoms with E-state index in [4.69, 9.17) is 5.73 Å². The van der Waals surface area contributed by atoms with Gasteiger partial charge in [-0.15, -0.1) is 0 Å². The zero-order chi connectivity index (χ0) is 18.3. The second kappa shape index (κ2) is 8.77. The number of rotatable bonds is 8. The first kappa shape index (κ1) is 19.1. The van der Waals surface area contributed by atoms with Crippen LogP contribution >= 0.6 is 0 Å². The first-order valence-electron chi connectivity index (χ1n) is 8.89. The Bertz CT molecular complexity index is 684. The molecule has 134 valence electrons.